The molecule has 0 unspecified atom stereocenters. The lowest BCUT2D eigenvalue weighted by Gasteiger charge is -1.87. The first kappa shape index (κ1) is 13.1. The van der Waals surface area contributed by atoms with Crippen molar-refractivity contribution in [2.24, 2.45) is 0 Å². The van der Waals surface area contributed by atoms with Crippen molar-refractivity contribution in [3.63, 3.8) is 0 Å². The highest BCUT2D eigenvalue weighted by Crippen LogP contribution is 2.09. The second kappa shape index (κ2) is 6.60. The van der Waals surface area contributed by atoms with Crippen molar-refractivity contribution >= 4 is 31.9 Å². The summed E-state index contributed by atoms with van der Waals surface area (Å²) in [6.45, 7) is 2.01. The standard InChI is InChI=1S/C6H6BrN.C5H4BrNO/c1-5-2-3-6(7)8-4-5;6-5-2-1-4(8)3-7-5/h2-4H,1H3;1-3,8H. The first-order chi connectivity index (χ1) is 7.58. The number of aryl methyl sites for hydroxylation is 1. The summed E-state index contributed by atoms with van der Waals surface area (Å²) in [5, 5.41) is 8.67. The van der Waals surface area contributed by atoms with Crippen LogP contribution in [-0.2, 0) is 0 Å². The second-order valence-corrected chi connectivity index (χ2v) is 4.62. The van der Waals surface area contributed by atoms with Gasteiger partial charge in [-0.05, 0) is 62.5 Å². The summed E-state index contributed by atoms with van der Waals surface area (Å²) < 4.78 is 1.62. The molecule has 0 fully saturated rings. The molecule has 0 saturated heterocycles. The van der Waals surface area contributed by atoms with Crippen LogP contribution in [0, 0.1) is 6.92 Å². The van der Waals surface area contributed by atoms with E-state index in [1.54, 1.807) is 12.1 Å². The van der Waals surface area contributed by atoms with Gasteiger partial charge in [-0.2, -0.15) is 0 Å². The summed E-state index contributed by atoms with van der Waals surface area (Å²) in [7, 11) is 0. The van der Waals surface area contributed by atoms with Gasteiger partial charge >= 0.3 is 0 Å². The average molecular weight is 346 g/mol. The molecule has 0 aromatic carbocycles. The number of hydrogen-bond acceptors (Lipinski definition) is 3. The monoisotopic (exact) mass is 344 g/mol. The maximum Gasteiger partial charge on any atom is 0.133 e. The molecule has 0 atom stereocenters. The lowest BCUT2D eigenvalue weighted by Crippen LogP contribution is -1.74. The molecule has 2 aromatic rings. The number of pyridine rings is 2. The molecule has 84 valence electrons. The van der Waals surface area contributed by atoms with E-state index in [4.69, 9.17) is 5.11 Å². The third kappa shape index (κ3) is 5.23. The third-order valence-corrected chi connectivity index (χ3v) is 2.53. The number of aromatic nitrogens is 2. The normalized spacial score (nSPS) is 9.19. The number of halogens is 2. The second-order valence-electron chi connectivity index (χ2n) is 3.00. The fourth-order valence-electron chi connectivity index (χ4n) is 0.818. The van der Waals surface area contributed by atoms with Gasteiger partial charge in [-0.25, -0.2) is 9.97 Å². The maximum absolute atomic E-state index is 8.67. The fourth-order valence-corrected chi connectivity index (χ4v) is 1.29. The SMILES string of the molecule is Cc1ccc(Br)nc1.Oc1ccc(Br)nc1. The van der Waals surface area contributed by atoms with E-state index in [0.717, 1.165) is 9.21 Å². The van der Waals surface area contributed by atoms with Crippen LogP contribution in [0.4, 0.5) is 0 Å². The highest BCUT2D eigenvalue weighted by atomic mass is 79.9. The van der Waals surface area contributed by atoms with E-state index < -0.39 is 0 Å². The van der Waals surface area contributed by atoms with Crippen molar-refractivity contribution < 1.29 is 5.11 Å². The van der Waals surface area contributed by atoms with Gasteiger partial charge in [-0.15, -0.1) is 0 Å². The van der Waals surface area contributed by atoms with Crippen molar-refractivity contribution in [3.05, 3.63) is 51.4 Å². The Morgan fingerprint density at radius 2 is 1.50 bits per heavy atom. The topological polar surface area (TPSA) is 46.0 Å². The number of nitrogens with zero attached hydrogens (tertiary/aromatic N) is 2. The first-order valence-corrected chi connectivity index (χ1v) is 6.05. The molecule has 1 N–H and O–H groups in total. The van der Waals surface area contributed by atoms with Crippen LogP contribution in [0.25, 0.3) is 0 Å². The van der Waals surface area contributed by atoms with Gasteiger partial charge in [0, 0.05) is 6.20 Å². The highest BCUT2D eigenvalue weighted by molar-refractivity contribution is 9.10. The Kier molecular flexibility index (Phi) is 5.42. The van der Waals surface area contributed by atoms with Gasteiger partial charge in [0.05, 0.1) is 6.20 Å². The van der Waals surface area contributed by atoms with Crippen molar-refractivity contribution in [2.75, 3.05) is 0 Å². The molecule has 0 aliphatic heterocycles. The molecule has 0 aliphatic carbocycles. The van der Waals surface area contributed by atoms with Crippen LogP contribution in [-0.4, -0.2) is 15.1 Å². The lowest BCUT2D eigenvalue weighted by molar-refractivity contribution is 0.472. The quantitative estimate of drug-likeness (QED) is 0.740. The van der Waals surface area contributed by atoms with Gasteiger partial charge in [0.15, 0.2) is 0 Å². The summed E-state index contributed by atoms with van der Waals surface area (Å²) in [5.74, 6) is 0.188. The predicted octanol–water partition coefficient (Wildman–Crippen LogP) is 3.70. The zero-order valence-electron chi connectivity index (χ0n) is 8.56. The molecule has 0 spiro atoms. The van der Waals surface area contributed by atoms with Crippen LogP contribution in [0.2, 0.25) is 0 Å². The van der Waals surface area contributed by atoms with Crippen LogP contribution in [0.15, 0.2) is 45.9 Å². The van der Waals surface area contributed by atoms with Gasteiger partial charge in [-0.1, -0.05) is 6.07 Å². The zero-order chi connectivity index (χ0) is 12.0. The smallest absolute Gasteiger partial charge is 0.133 e. The van der Waals surface area contributed by atoms with E-state index in [-0.39, 0.29) is 5.75 Å². The summed E-state index contributed by atoms with van der Waals surface area (Å²) in [6.07, 6.45) is 3.20. The maximum atomic E-state index is 8.67. The minimum absolute atomic E-state index is 0.188. The molecule has 5 heteroatoms. The summed E-state index contributed by atoms with van der Waals surface area (Å²) in [6, 6.07) is 7.18. The Morgan fingerprint density at radius 1 is 0.938 bits per heavy atom. The van der Waals surface area contributed by atoms with Crippen LogP contribution in [0.5, 0.6) is 5.75 Å². The van der Waals surface area contributed by atoms with Gasteiger partial charge in [0.1, 0.15) is 15.0 Å². The summed E-state index contributed by atoms with van der Waals surface area (Å²) in [4.78, 5) is 7.74. The minimum Gasteiger partial charge on any atom is -0.506 e. The predicted molar refractivity (Wildman–Crippen MR) is 70.3 cm³/mol. The van der Waals surface area contributed by atoms with E-state index in [2.05, 4.69) is 41.8 Å². The molecule has 0 saturated carbocycles. The van der Waals surface area contributed by atoms with Crippen molar-refractivity contribution in [1.29, 1.82) is 0 Å². The van der Waals surface area contributed by atoms with Crippen molar-refractivity contribution in [3.8, 4) is 5.75 Å². The molecule has 2 aromatic heterocycles. The molecule has 0 bridgehead atoms. The van der Waals surface area contributed by atoms with Crippen molar-refractivity contribution in [1.82, 2.24) is 9.97 Å². The Hall–Kier alpha value is -0.940. The lowest BCUT2D eigenvalue weighted by atomic mass is 10.3. The van der Waals surface area contributed by atoms with Crippen LogP contribution >= 0.6 is 31.9 Å². The van der Waals surface area contributed by atoms with E-state index in [1.165, 1.54) is 11.8 Å². The van der Waals surface area contributed by atoms with E-state index >= 15 is 0 Å². The fraction of sp³-hybridized carbons (Fsp3) is 0.0909. The zero-order valence-corrected chi connectivity index (χ0v) is 11.7. The molecule has 16 heavy (non-hydrogen) atoms. The van der Waals surface area contributed by atoms with Gasteiger partial charge in [0.25, 0.3) is 0 Å². The molecular formula is C11H10Br2N2O. The highest BCUT2D eigenvalue weighted by Gasteiger charge is 1.85. The molecule has 3 nitrogen and oxygen atoms in total. The van der Waals surface area contributed by atoms with Crippen molar-refractivity contribution in [2.45, 2.75) is 6.92 Å². The van der Waals surface area contributed by atoms with Gasteiger partial charge in [-0.3, -0.25) is 0 Å². The van der Waals surface area contributed by atoms with Crippen LogP contribution < -0.4 is 0 Å². The van der Waals surface area contributed by atoms with E-state index in [9.17, 15) is 0 Å². The summed E-state index contributed by atoms with van der Waals surface area (Å²) in [5.41, 5.74) is 1.19. The molecule has 0 radical (unpaired) electrons. The van der Waals surface area contributed by atoms with E-state index in [0.29, 0.717) is 0 Å². The van der Waals surface area contributed by atoms with E-state index in [1.807, 2.05) is 25.3 Å². The minimum atomic E-state index is 0.188. The van der Waals surface area contributed by atoms with Gasteiger partial charge < -0.3 is 5.11 Å². The molecule has 0 amide bonds. The average Bonchev–Trinajstić information content (AvgIpc) is 2.28. The number of aromatic hydroxyl groups is 1. The van der Waals surface area contributed by atoms with Crippen LogP contribution in [0.1, 0.15) is 5.56 Å². The summed E-state index contributed by atoms with van der Waals surface area (Å²) >= 11 is 6.36. The Morgan fingerprint density at radius 3 is 1.81 bits per heavy atom. The largest absolute Gasteiger partial charge is 0.506 e. The molecule has 2 rings (SSSR count). The van der Waals surface area contributed by atoms with Crippen LogP contribution in [0.3, 0.4) is 0 Å². The first-order valence-electron chi connectivity index (χ1n) is 4.46. The molecule has 0 aliphatic rings. The Labute approximate surface area is 111 Å². The molecule has 2 heterocycles. The number of rotatable bonds is 0. The molecular weight excluding hydrogens is 336 g/mol. The Balaban J connectivity index is 0.000000160. The Bertz CT molecular complexity index is 343. The number of hydrogen-bond donors (Lipinski definition) is 1. The third-order valence-electron chi connectivity index (χ3n) is 1.59. The van der Waals surface area contributed by atoms with Gasteiger partial charge in [0.2, 0.25) is 0 Å².